The first-order valence-corrected chi connectivity index (χ1v) is 10.7. The molecule has 31 heavy (non-hydrogen) atoms. The quantitative estimate of drug-likeness (QED) is 0.589. The Labute approximate surface area is 188 Å². The third-order valence-electron chi connectivity index (χ3n) is 5.40. The van der Waals surface area contributed by atoms with Gasteiger partial charge in [-0.1, -0.05) is 24.3 Å². The van der Waals surface area contributed by atoms with E-state index >= 15 is 0 Å². The molecule has 4 rings (SSSR count). The molecule has 2 aromatic heterocycles. The van der Waals surface area contributed by atoms with Crippen LogP contribution in [0.1, 0.15) is 44.1 Å². The van der Waals surface area contributed by atoms with Crippen LogP contribution in [0.5, 0.6) is 0 Å². The highest BCUT2D eigenvalue weighted by Crippen LogP contribution is 2.39. The van der Waals surface area contributed by atoms with Crippen LogP contribution in [0.3, 0.4) is 0 Å². The maximum atomic E-state index is 12.8. The van der Waals surface area contributed by atoms with Crippen molar-refractivity contribution < 1.29 is 4.79 Å². The third kappa shape index (κ3) is 4.61. The van der Waals surface area contributed by atoms with Gasteiger partial charge in [0.1, 0.15) is 6.54 Å². The van der Waals surface area contributed by atoms with Crippen molar-refractivity contribution >= 4 is 28.9 Å². The van der Waals surface area contributed by atoms with Gasteiger partial charge in [-0.2, -0.15) is 0 Å². The molecule has 1 aromatic carbocycles. The largest absolute Gasteiger partial charge is 0.352 e. The first-order chi connectivity index (χ1) is 14.8. The number of nitrogens with one attached hydrogen (secondary N) is 2. The summed E-state index contributed by atoms with van der Waals surface area (Å²) in [6.45, 7) is 6.64. The lowest BCUT2D eigenvalue weighted by molar-refractivity contribution is -0.116. The van der Waals surface area contributed by atoms with E-state index in [1.165, 1.54) is 0 Å². The van der Waals surface area contributed by atoms with E-state index in [0.29, 0.717) is 5.11 Å². The summed E-state index contributed by atoms with van der Waals surface area (Å²) in [5.74, 6) is -0.114. The molecule has 1 fully saturated rings. The molecule has 1 aliphatic heterocycles. The first kappa shape index (κ1) is 21.1. The summed E-state index contributed by atoms with van der Waals surface area (Å²) in [6.07, 6.45) is 5.99. The summed E-state index contributed by atoms with van der Waals surface area (Å²) in [4.78, 5) is 19.3. The van der Waals surface area contributed by atoms with Crippen molar-refractivity contribution in [3.63, 3.8) is 0 Å². The van der Waals surface area contributed by atoms with Gasteiger partial charge in [-0.3, -0.25) is 9.78 Å². The fraction of sp³-hybridized carbons (Fsp3) is 0.292. The van der Waals surface area contributed by atoms with Crippen LogP contribution in [-0.4, -0.2) is 32.0 Å². The van der Waals surface area contributed by atoms with Crippen LogP contribution in [-0.2, 0) is 10.3 Å². The summed E-state index contributed by atoms with van der Waals surface area (Å²) in [5.41, 5.74) is 2.71. The Kier molecular flexibility index (Phi) is 5.78. The van der Waals surface area contributed by atoms with E-state index in [9.17, 15) is 4.79 Å². The van der Waals surface area contributed by atoms with Gasteiger partial charge in [-0.25, -0.2) is 0 Å². The molecule has 6 nitrogen and oxygen atoms in total. The van der Waals surface area contributed by atoms with Crippen molar-refractivity contribution in [2.45, 2.75) is 38.4 Å². The molecular weight excluding hydrogens is 406 g/mol. The van der Waals surface area contributed by atoms with E-state index in [1.807, 2.05) is 53.4 Å². The molecule has 1 aliphatic rings. The molecule has 1 amide bonds. The molecule has 7 heteroatoms. The van der Waals surface area contributed by atoms with Crippen LogP contribution in [0, 0.1) is 0 Å². The molecule has 0 saturated carbocycles. The highest BCUT2D eigenvalue weighted by molar-refractivity contribution is 7.80. The number of carbonyl (C=O) groups is 1. The number of pyridine rings is 1. The highest BCUT2D eigenvalue weighted by atomic mass is 32.1. The number of para-hydroxylation sites is 1. The third-order valence-corrected chi connectivity index (χ3v) is 5.75. The summed E-state index contributed by atoms with van der Waals surface area (Å²) < 4.78 is 2.18. The van der Waals surface area contributed by atoms with E-state index in [-0.39, 0.29) is 30.1 Å². The zero-order chi connectivity index (χ0) is 22.0. The number of hydrogen-bond acceptors (Lipinski definition) is 3. The van der Waals surface area contributed by atoms with Gasteiger partial charge in [0.25, 0.3) is 0 Å². The fourth-order valence-electron chi connectivity index (χ4n) is 3.82. The lowest BCUT2D eigenvalue weighted by Crippen LogP contribution is -2.37. The number of anilines is 1. The Bertz CT molecular complexity index is 1060. The van der Waals surface area contributed by atoms with Crippen molar-refractivity contribution in [2.75, 3.05) is 11.9 Å². The van der Waals surface area contributed by atoms with E-state index in [0.717, 1.165) is 16.9 Å². The summed E-state index contributed by atoms with van der Waals surface area (Å²) in [6, 6.07) is 17.1. The van der Waals surface area contributed by atoms with Crippen LogP contribution in [0.25, 0.3) is 0 Å². The van der Waals surface area contributed by atoms with Crippen LogP contribution in [0.4, 0.5) is 5.69 Å². The molecule has 1 saturated heterocycles. The number of amides is 1. The molecule has 0 aliphatic carbocycles. The molecule has 0 bridgehead atoms. The average molecular weight is 434 g/mol. The average Bonchev–Trinajstić information content (AvgIpc) is 3.35. The molecule has 3 heterocycles. The van der Waals surface area contributed by atoms with E-state index < -0.39 is 0 Å². The number of thiocarbonyl (C=S) groups is 1. The monoisotopic (exact) mass is 433 g/mol. The second-order valence-corrected chi connectivity index (χ2v) is 9.08. The molecular formula is C24H27N5OS. The molecule has 0 spiro atoms. The standard InChI is InChI=1S/C24H27N5OS/c1-24(2,3)28-14-12-17(15-28)22-21(19-11-7-8-13-25-19)27-23(31)29(22)16-20(30)26-18-9-5-4-6-10-18/h4-15,21-22H,16H2,1-3H3,(H,26,30)(H,27,31). The van der Waals surface area contributed by atoms with Gasteiger partial charge in [0.15, 0.2) is 5.11 Å². The maximum absolute atomic E-state index is 12.8. The van der Waals surface area contributed by atoms with Crippen LogP contribution in [0.2, 0.25) is 0 Å². The molecule has 160 valence electrons. The predicted octanol–water partition coefficient (Wildman–Crippen LogP) is 4.25. The van der Waals surface area contributed by atoms with Gasteiger partial charge >= 0.3 is 0 Å². The van der Waals surface area contributed by atoms with Crippen LogP contribution in [0.15, 0.2) is 73.2 Å². The number of carbonyl (C=O) groups excluding carboxylic acids is 1. The fourth-order valence-corrected chi connectivity index (χ4v) is 4.13. The molecule has 0 radical (unpaired) electrons. The van der Waals surface area contributed by atoms with Gasteiger partial charge in [0, 0.05) is 29.8 Å². The number of aromatic nitrogens is 2. The summed E-state index contributed by atoms with van der Waals surface area (Å²) in [5, 5.41) is 6.90. The minimum absolute atomic E-state index is 0.0409. The highest BCUT2D eigenvalue weighted by Gasteiger charge is 2.41. The minimum Gasteiger partial charge on any atom is -0.352 e. The van der Waals surface area contributed by atoms with Crippen LogP contribution >= 0.6 is 12.2 Å². The smallest absolute Gasteiger partial charge is 0.244 e. The van der Waals surface area contributed by atoms with Crippen molar-refractivity contribution in [3.05, 3.63) is 84.4 Å². The van der Waals surface area contributed by atoms with Crippen molar-refractivity contribution in [2.24, 2.45) is 0 Å². The number of hydrogen-bond donors (Lipinski definition) is 2. The minimum atomic E-state index is -0.146. The van der Waals surface area contributed by atoms with Gasteiger partial charge in [0.2, 0.25) is 5.91 Å². The Morgan fingerprint density at radius 1 is 1.13 bits per heavy atom. The molecule has 3 aromatic rings. The molecule has 2 N–H and O–H groups in total. The first-order valence-electron chi connectivity index (χ1n) is 10.3. The van der Waals surface area contributed by atoms with Crippen LogP contribution < -0.4 is 10.6 Å². The van der Waals surface area contributed by atoms with Gasteiger partial charge < -0.3 is 20.1 Å². The lowest BCUT2D eigenvalue weighted by atomic mass is 9.99. The van der Waals surface area contributed by atoms with E-state index in [1.54, 1.807) is 6.20 Å². The zero-order valence-electron chi connectivity index (χ0n) is 17.9. The Hall–Kier alpha value is -3.19. The topological polar surface area (TPSA) is 62.2 Å². The van der Waals surface area contributed by atoms with E-state index in [4.69, 9.17) is 12.2 Å². The normalized spacial score (nSPS) is 18.7. The molecule has 2 atom stereocenters. The summed E-state index contributed by atoms with van der Waals surface area (Å²) in [7, 11) is 0. The lowest BCUT2D eigenvalue weighted by Gasteiger charge is -2.27. The van der Waals surface area contributed by atoms with Crippen molar-refractivity contribution in [1.29, 1.82) is 0 Å². The number of nitrogens with zero attached hydrogens (tertiary/aromatic N) is 3. The van der Waals surface area contributed by atoms with Gasteiger partial charge in [-0.05, 0) is 68.9 Å². The maximum Gasteiger partial charge on any atom is 0.244 e. The Morgan fingerprint density at radius 2 is 1.87 bits per heavy atom. The Morgan fingerprint density at radius 3 is 2.52 bits per heavy atom. The van der Waals surface area contributed by atoms with Gasteiger partial charge in [-0.15, -0.1) is 0 Å². The Balaban J connectivity index is 1.64. The van der Waals surface area contributed by atoms with Gasteiger partial charge in [0.05, 0.1) is 17.8 Å². The molecule has 2 unspecified atom stereocenters. The number of benzene rings is 1. The SMILES string of the molecule is CC(C)(C)n1ccc(C2C(c3ccccn3)NC(=S)N2CC(=O)Nc2ccccc2)c1. The van der Waals surface area contributed by atoms with Crippen molar-refractivity contribution in [3.8, 4) is 0 Å². The summed E-state index contributed by atoms with van der Waals surface area (Å²) >= 11 is 5.66. The number of rotatable bonds is 5. The second-order valence-electron chi connectivity index (χ2n) is 8.69. The van der Waals surface area contributed by atoms with E-state index in [2.05, 4.69) is 59.4 Å². The second kappa shape index (κ2) is 8.51. The predicted molar refractivity (Wildman–Crippen MR) is 127 cm³/mol. The zero-order valence-corrected chi connectivity index (χ0v) is 18.8. The van der Waals surface area contributed by atoms with Crippen molar-refractivity contribution in [1.82, 2.24) is 19.8 Å².